The van der Waals surface area contributed by atoms with Crippen molar-refractivity contribution < 1.29 is 14.6 Å². The molecule has 2 aliphatic rings. The van der Waals surface area contributed by atoms with Crippen LogP contribution in [-0.2, 0) is 11.3 Å². The second-order valence-corrected chi connectivity index (χ2v) is 8.96. The molecular weight excluding hydrogens is 426 g/mol. The quantitative estimate of drug-likeness (QED) is 0.595. The van der Waals surface area contributed by atoms with E-state index in [1.165, 1.54) is 0 Å². The van der Waals surface area contributed by atoms with Crippen molar-refractivity contribution in [3.8, 4) is 28.3 Å². The molecule has 32 heavy (non-hydrogen) atoms. The molecule has 0 radical (unpaired) electrons. The third-order valence-electron chi connectivity index (χ3n) is 6.64. The molecular formula is C25H24ClN3O3. The minimum absolute atomic E-state index is 0.177. The molecule has 1 aromatic heterocycles. The number of aromatic nitrogens is 2. The van der Waals surface area contributed by atoms with Crippen LogP contribution < -0.4 is 4.74 Å². The van der Waals surface area contributed by atoms with Crippen LogP contribution in [0.25, 0.3) is 22.4 Å². The van der Waals surface area contributed by atoms with Crippen LogP contribution in [0.15, 0.2) is 48.7 Å². The lowest BCUT2D eigenvalue weighted by Gasteiger charge is -2.19. The number of halogens is 1. The van der Waals surface area contributed by atoms with Crippen molar-refractivity contribution in [3.63, 3.8) is 0 Å². The monoisotopic (exact) mass is 449 g/mol. The van der Waals surface area contributed by atoms with Crippen molar-refractivity contribution in [2.45, 2.75) is 13.5 Å². The van der Waals surface area contributed by atoms with Gasteiger partial charge in [-0.25, -0.2) is 4.98 Å². The molecule has 1 saturated heterocycles. The van der Waals surface area contributed by atoms with E-state index in [0.717, 1.165) is 41.0 Å². The van der Waals surface area contributed by atoms with E-state index in [2.05, 4.69) is 28.9 Å². The van der Waals surface area contributed by atoms with Gasteiger partial charge in [-0.15, -0.1) is 0 Å². The fourth-order valence-electron chi connectivity index (χ4n) is 4.93. The largest absolute Gasteiger partial charge is 0.481 e. The van der Waals surface area contributed by atoms with Gasteiger partial charge in [0, 0.05) is 30.8 Å². The van der Waals surface area contributed by atoms with Crippen LogP contribution in [0.2, 0.25) is 5.02 Å². The van der Waals surface area contributed by atoms with Gasteiger partial charge in [0.15, 0.2) is 0 Å². The number of likely N-dealkylation sites (tertiary alicyclic amines) is 1. The number of nitrogens with zero attached hydrogens (tertiary/aromatic N) is 3. The fourth-order valence-corrected chi connectivity index (χ4v) is 5.26. The van der Waals surface area contributed by atoms with E-state index >= 15 is 0 Å². The average Bonchev–Trinajstić information content (AvgIpc) is 3.31. The van der Waals surface area contributed by atoms with Crippen molar-refractivity contribution >= 4 is 17.6 Å². The number of fused-ring (bicyclic) bond motifs is 1. The fraction of sp³-hybridized carbons (Fsp3) is 0.320. The lowest BCUT2D eigenvalue weighted by Crippen LogP contribution is -2.26. The summed E-state index contributed by atoms with van der Waals surface area (Å²) in [6.45, 7) is 4.21. The number of aryl methyl sites for hydroxylation is 1. The molecule has 3 atom stereocenters. The standard InChI is InChI=1S/C25H24ClN3O3/c1-14-6-3-4-7-15(14)16-8-5-9-17(23(16)26)20-10-27-21(24(28-20)32-2)13-29-11-18-19(12-29)22(18)25(30)31/h3-10,18-19,22H,11-13H2,1-2H3,(H,30,31)/t18-,19+,22?. The van der Waals surface area contributed by atoms with Gasteiger partial charge in [-0.3, -0.25) is 14.7 Å². The third-order valence-corrected chi connectivity index (χ3v) is 7.05. The van der Waals surface area contributed by atoms with Gasteiger partial charge in [0.05, 0.1) is 29.9 Å². The third kappa shape index (κ3) is 3.63. The highest BCUT2D eigenvalue weighted by Crippen LogP contribution is 2.52. The van der Waals surface area contributed by atoms with Crippen LogP contribution in [-0.4, -0.2) is 46.1 Å². The Morgan fingerprint density at radius 2 is 1.81 bits per heavy atom. The minimum Gasteiger partial charge on any atom is -0.481 e. The van der Waals surface area contributed by atoms with Crippen LogP contribution in [0.5, 0.6) is 5.88 Å². The molecule has 164 valence electrons. The number of hydrogen-bond donors (Lipinski definition) is 1. The lowest BCUT2D eigenvalue weighted by molar-refractivity contribution is -0.139. The van der Waals surface area contributed by atoms with Crippen molar-refractivity contribution in [1.29, 1.82) is 0 Å². The highest BCUT2D eigenvalue weighted by atomic mass is 35.5. The minimum atomic E-state index is -0.675. The number of carboxylic acid groups (broad SMARTS) is 1. The van der Waals surface area contributed by atoms with E-state index in [4.69, 9.17) is 21.3 Å². The first-order valence-electron chi connectivity index (χ1n) is 10.7. The first kappa shape index (κ1) is 20.9. The summed E-state index contributed by atoms with van der Waals surface area (Å²) in [4.78, 5) is 22.8. The summed E-state index contributed by atoms with van der Waals surface area (Å²) in [7, 11) is 1.59. The predicted octanol–water partition coefficient (Wildman–Crippen LogP) is 4.54. The Morgan fingerprint density at radius 1 is 1.12 bits per heavy atom. The molecule has 2 fully saturated rings. The van der Waals surface area contributed by atoms with E-state index in [1.54, 1.807) is 13.3 Å². The maximum Gasteiger partial charge on any atom is 0.307 e. The summed E-state index contributed by atoms with van der Waals surface area (Å²) in [6, 6.07) is 14.1. The first-order chi connectivity index (χ1) is 15.5. The number of piperidine rings is 1. The molecule has 1 saturated carbocycles. The zero-order valence-electron chi connectivity index (χ0n) is 18.0. The summed E-state index contributed by atoms with van der Waals surface area (Å²) < 4.78 is 5.55. The van der Waals surface area contributed by atoms with Gasteiger partial charge in [-0.1, -0.05) is 54.1 Å². The van der Waals surface area contributed by atoms with Crippen molar-refractivity contribution in [2.24, 2.45) is 17.8 Å². The zero-order chi connectivity index (χ0) is 22.4. The number of carbonyl (C=O) groups is 1. The number of ether oxygens (including phenoxy) is 1. The van der Waals surface area contributed by atoms with Crippen molar-refractivity contribution in [3.05, 3.63) is 64.9 Å². The molecule has 5 rings (SSSR count). The number of methoxy groups -OCH3 is 1. The van der Waals surface area contributed by atoms with Gasteiger partial charge in [0.1, 0.15) is 5.69 Å². The second-order valence-electron chi connectivity index (χ2n) is 8.58. The molecule has 6 nitrogen and oxygen atoms in total. The Kier molecular flexibility index (Phi) is 5.35. The SMILES string of the molecule is COc1nc(-c2cccc(-c3ccccc3C)c2Cl)cnc1CN1C[C@@H]2C(C(=O)O)[C@@H]2C1. The van der Waals surface area contributed by atoms with Crippen LogP contribution in [0, 0.1) is 24.7 Å². The van der Waals surface area contributed by atoms with E-state index in [9.17, 15) is 9.90 Å². The first-order valence-corrected chi connectivity index (χ1v) is 11.1. The maximum atomic E-state index is 11.2. The van der Waals surface area contributed by atoms with E-state index in [-0.39, 0.29) is 17.8 Å². The van der Waals surface area contributed by atoms with Gasteiger partial charge in [0.25, 0.3) is 0 Å². The Hall–Kier alpha value is -2.96. The molecule has 1 aliphatic carbocycles. The van der Waals surface area contributed by atoms with Crippen LogP contribution >= 0.6 is 11.6 Å². The normalized spacial score (nSPS) is 21.9. The number of benzene rings is 2. The van der Waals surface area contributed by atoms with Crippen molar-refractivity contribution in [1.82, 2.24) is 14.9 Å². The van der Waals surface area contributed by atoms with Gasteiger partial charge < -0.3 is 9.84 Å². The smallest absolute Gasteiger partial charge is 0.307 e. The number of hydrogen-bond acceptors (Lipinski definition) is 5. The summed E-state index contributed by atoms with van der Waals surface area (Å²) >= 11 is 6.82. The number of carboxylic acids is 1. The van der Waals surface area contributed by atoms with E-state index < -0.39 is 5.97 Å². The second kappa shape index (κ2) is 8.19. The molecule has 2 heterocycles. The summed E-state index contributed by atoms with van der Waals surface area (Å²) in [5.74, 6) is 0.133. The molecule has 0 amide bonds. The highest BCUT2D eigenvalue weighted by molar-refractivity contribution is 6.36. The van der Waals surface area contributed by atoms with Crippen LogP contribution in [0.3, 0.4) is 0 Å². The van der Waals surface area contributed by atoms with Gasteiger partial charge in [0.2, 0.25) is 5.88 Å². The molecule has 1 aliphatic heterocycles. The van der Waals surface area contributed by atoms with E-state index in [1.807, 2.05) is 30.3 Å². The molecule has 0 spiro atoms. The molecule has 0 bridgehead atoms. The topological polar surface area (TPSA) is 75.6 Å². The van der Waals surface area contributed by atoms with E-state index in [0.29, 0.717) is 23.1 Å². The van der Waals surface area contributed by atoms with Crippen LogP contribution in [0.1, 0.15) is 11.3 Å². The van der Waals surface area contributed by atoms with Gasteiger partial charge in [-0.2, -0.15) is 0 Å². The summed E-state index contributed by atoms with van der Waals surface area (Å²) in [5.41, 5.74) is 5.40. The molecule has 1 N–H and O–H groups in total. The molecule has 3 aromatic rings. The predicted molar refractivity (Wildman–Crippen MR) is 123 cm³/mol. The average molecular weight is 450 g/mol. The van der Waals surface area contributed by atoms with Crippen LogP contribution in [0.4, 0.5) is 0 Å². The maximum absolute atomic E-state index is 11.2. The highest BCUT2D eigenvalue weighted by Gasteiger charge is 2.59. The zero-order valence-corrected chi connectivity index (χ0v) is 18.7. The Balaban J connectivity index is 1.40. The van der Waals surface area contributed by atoms with Gasteiger partial charge in [-0.05, 0) is 29.9 Å². The van der Waals surface area contributed by atoms with Gasteiger partial charge >= 0.3 is 5.97 Å². The molecule has 1 unspecified atom stereocenters. The number of aliphatic carboxylic acids is 1. The number of rotatable bonds is 6. The Labute approximate surface area is 191 Å². The molecule has 2 aromatic carbocycles. The Bertz CT molecular complexity index is 1190. The summed E-state index contributed by atoms with van der Waals surface area (Å²) in [6.07, 6.45) is 1.73. The summed E-state index contributed by atoms with van der Waals surface area (Å²) in [5, 5.41) is 9.84. The lowest BCUT2D eigenvalue weighted by atomic mass is 9.98. The van der Waals surface area contributed by atoms with Crippen molar-refractivity contribution in [2.75, 3.05) is 20.2 Å². The molecule has 7 heteroatoms. The Morgan fingerprint density at radius 3 is 2.50 bits per heavy atom.